The van der Waals surface area contributed by atoms with Gasteiger partial charge in [0, 0.05) is 18.1 Å². The first-order valence-electron chi connectivity index (χ1n) is 11.9. The van der Waals surface area contributed by atoms with Crippen molar-refractivity contribution in [3.8, 4) is 5.75 Å². The summed E-state index contributed by atoms with van der Waals surface area (Å²) in [6.07, 6.45) is 1.88. The van der Waals surface area contributed by atoms with Crippen LogP contribution in [0.25, 0.3) is 6.08 Å². The summed E-state index contributed by atoms with van der Waals surface area (Å²) in [4.78, 5) is 34.6. The second kappa shape index (κ2) is 12.0. The largest absolute Gasteiger partial charge is 0.492 e. The standard InChI is InChI=1S/C27H26ClI2N3O3S/c1-5-32(6-2)26(35)22-15(4)31-27-33(23(22)17-8-10-18(28)11-9-17)25(34)21(37-27)14-16-12-19(29)24(36-7-3)20(30)13-16/h8-14,23H,5-7H2,1-4H3/b21-14+/t23-/m1/s1. The lowest BCUT2D eigenvalue weighted by Crippen LogP contribution is -2.43. The van der Waals surface area contributed by atoms with Crippen LogP contribution in [0.1, 0.15) is 44.9 Å². The third-order valence-electron chi connectivity index (χ3n) is 6.10. The molecule has 0 unspecified atom stereocenters. The van der Waals surface area contributed by atoms with Crippen molar-refractivity contribution in [3.05, 3.63) is 90.6 Å². The van der Waals surface area contributed by atoms with Gasteiger partial charge in [0.15, 0.2) is 4.80 Å². The van der Waals surface area contributed by atoms with Crippen LogP contribution < -0.4 is 19.6 Å². The fourth-order valence-electron chi connectivity index (χ4n) is 4.33. The average Bonchev–Trinajstić information content (AvgIpc) is 3.16. The Morgan fingerprint density at radius 1 is 1.16 bits per heavy atom. The molecule has 1 amide bonds. The third kappa shape index (κ3) is 5.69. The van der Waals surface area contributed by atoms with Gasteiger partial charge in [0.2, 0.25) is 0 Å². The Labute approximate surface area is 252 Å². The summed E-state index contributed by atoms with van der Waals surface area (Å²) < 4.78 is 9.92. The van der Waals surface area contributed by atoms with E-state index < -0.39 is 6.04 Å². The van der Waals surface area contributed by atoms with Gasteiger partial charge in [-0.15, -0.1) is 0 Å². The molecule has 1 aliphatic rings. The Morgan fingerprint density at radius 2 is 1.78 bits per heavy atom. The van der Waals surface area contributed by atoms with Gasteiger partial charge >= 0.3 is 0 Å². The highest BCUT2D eigenvalue weighted by Crippen LogP contribution is 2.32. The predicted molar refractivity (Wildman–Crippen MR) is 166 cm³/mol. The highest BCUT2D eigenvalue weighted by Gasteiger charge is 2.34. The molecule has 0 saturated heterocycles. The molecular formula is C27H26ClI2N3O3S. The molecule has 0 spiro atoms. The second-order valence-corrected chi connectivity index (χ2v) is 12.1. The van der Waals surface area contributed by atoms with E-state index in [1.807, 2.05) is 58.0 Å². The molecule has 4 rings (SSSR count). The van der Waals surface area contributed by atoms with Crippen LogP contribution in [0.3, 0.4) is 0 Å². The lowest BCUT2D eigenvalue weighted by molar-refractivity contribution is -0.127. The minimum atomic E-state index is -0.593. The summed E-state index contributed by atoms with van der Waals surface area (Å²) in [5, 5.41) is 0.591. The van der Waals surface area contributed by atoms with Crippen LogP contribution in [0.5, 0.6) is 5.75 Å². The topological polar surface area (TPSA) is 63.9 Å². The van der Waals surface area contributed by atoms with Crippen molar-refractivity contribution in [1.82, 2.24) is 9.47 Å². The maximum atomic E-state index is 13.9. The number of allylic oxidation sites excluding steroid dienone is 1. The first-order valence-corrected chi connectivity index (χ1v) is 15.2. The van der Waals surface area contributed by atoms with Gasteiger partial charge in [0.05, 0.1) is 35.6 Å². The number of benzene rings is 2. The molecule has 1 atom stereocenters. The molecule has 2 aromatic carbocycles. The van der Waals surface area contributed by atoms with Gasteiger partial charge in [-0.25, -0.2) is 4.99 Å². The third-order valence-corrected chi connectivity index (χ3v) is 8.93. The highest BCUT2D eigenvalue weighted by molar-refractivity contribution is 14.1. The summed E-state index contributed by atoms with van der Waals surface area (Å²) >= 11 is 12.0. The zero-order chi connectivity index (χ0) is 26.9. The van der Waals surface area contributed by atoms with Crippen LogP contribution in [-0.4, -0.2) is 35.1 Å². The zero-order valence-electron chi connectivity index (χ0n) is 20.8. The van der Waals surface area contributed by atoms with E-state index in [4.69, 9.17) is 21.3 Å². The van der Waals surface area contributed by atoms with Gasteiger partial charge in [-0.2, -0.15) is 0 Å². The molecule has 37 heavy (non-hydrogen) atoms. The van der Waals surface area contributed by atoms with E-state index >= 15 is 0 Å². The molecule has 1 aromatic heterocycles. The van der Waals surface area contributed by atoms with E-state index in [2.05, 4.69) is 45.2 Å². The summed E-state index contributed by atoms with van der Waals surface area (Å²) in [5.74, 6) is 0.733. The molecule has 2 heterocycles. The maximum absolute atomic E-state index is 13.9. The molecule has 1 aliphatic heterocycles. The molecule has 6 nitrogen and oxygen atoms in total. The number of nitrogens with zero attached hydrogens (tertiary/aromatic N) is 3. The molecule has 0 bridgehead atoms. The van der Waals surface area contributed by atoms with Crippen molar-refractivity contribution >= 4 is 80.1 Å². The normalized spacial score (nSPS) is 15.4. The number of carbonyl (C=O) groups excluding carboxylic acids is 1. The van der Waals surface area contributed by atoms with Crippen LogP contribution in [0, 0.1) is 7.14 Å². The number of hydrogen-bond donors (Lipinski definition) is 0. The molecule has 0 radical (unpaired) electrons. The Morgan fingerprint density at radius 3 is 2.35 bits per heavy atom. The summed E-state index contributed by atoms with van der Waals surface area (Å²) in [6.45, 7) is 9.42. The highest BCUT2D eigenvalue weighted by atomic mass is 127. The number of aromatic nitrogens is 1. The van der Waals surface area contributed by atoms with Crippen molar-refractivity contribution in [2.75, 3.05) is 19.7 Å². The number of carbonyl (C=O) groups is 1. The van der Waals surface area contributed by atoms with E-state index in [0.717, 1.165) is 24.0 Å². The van der Waals surface area contributed by atoms with Crippen molar-refractivity contribution in [2.24, 2.45) is 4.99 Å². The maximum Gasteiger partial charge on any atom is 0.271 e. The Balaban J connectivity index is 1.93. The Hall–Kier alpha value is -1.70. The molecule has 0 fully saturated rings. The van der Waals surface area contributed by atoms with Crippen LogP contribution in [0.15, 0.2) is 57.5 Å². The van der Waals surface area contributed by atoms with E-state index in [1.165, 1.54) is 11.3 Å². The zero-order valence-corrected chi connectivity index (χ0v) is 26.7. The lowest BCUT2D eigenvalue weighted by atomic mass is 9.94. The van der Waals surface area contributed by atoms with Gasteiger partial charge in [-0.3, -0.25) is 14.2 Å². The van der Waals surface area contributed by atoms with Gasteiger partial charge in [0.25, 0.3) is 11.5 Å². The lowest BCUT2D eigenvalue weighted by Gasteiger charge is -2.29. The summed E-state index contributed by atoms with van der Waals surface area (Å²) in [6, 6.07) is 10.7. The average molecular weight is 762 g/mol. The van der Waals surface area contributed by atoms with E-state index in [9.17, 15) is 9.59 Å². The molecule has 10 heteroatoms. The number of rotatable bonds is 7. The first-order chi connectivity index (χ1) is 17.7. The summed E-state index contributed by atoms with van der Waals surface area (Å²) in [5.41, 5.74) is 2.66. The fourth-order valence-corrected chi connectivity index (χ4v) is 7.63. The Kier molecular flexibility index (Phi) is 9.18. The minimum absolute atomic E-state index is 0.115. The van der Waals surface area contributed by atoms with Crippen molar-refractivity contribution in [1.29, 1.82) is 0 Å². The smallest absolute Gasteiger partial charge is 0.271 e. The number of hydrogen-bond acceptors (Lipinski definition) is 5. The summed E-state index contributed by atoms with van der Waals surface area (Å²) in [7, 11) is 0. The minimum Gasteiger partial charge on any atom is -0.492 e. The van der Waals surface area contributed by atoms with Crippen LogP contribution in [-0.2, 0) is 4.79 Å². The van der Waals surface area contributed by atoms with E-state index in [1.54, 1.807) is 21.6 Å². The predicted octanol–water partition coefficient (Wildman–Crippen LogP) is 5.36. The molecule has 3 aromatic rings. The van der Waals surface area contributed by atoms with Gasteiger partial charge in [-0.05, 0) is 114 Å². The van der Waals surface area contributed by atoms with Crippen LogP contribution in [0.2, 0.25) is 5.02 Å². The van der Waals surface area contributed by atoms with Gasteiger partial charge in [-0.1, -0.05) is 35.1 Å². The quantitative estimate of drug-likeness (QED) is 0.305. The van der Waals surface area contributed by atoms with Crippen molar-refractivity contribution < 1.29 is 9.53 Å². The van der Waals surface area contributed by atoms with Gasteiger partial charge in [0.1, 0.15) is 5.75 Å². The monoisotopic (exact) mass is 761 g/mol. The number of ether oxygens (including phenoxy) is 1. The van der Waals surface area contributed by atoms with Crippen molar-refractivity contribution in [3.63, 3.8) is 0 Å². The number of amides is 1. The fraction of sp³-hybridized carbons (Fsp3) is 0.296. The molecule has 0 saturated carbocycles. The molecule has 194 valence electrons. The molecular weight excluding hydrogens is 736 g/mol. The van der Waals surface area contributed by atoms with Crippen LogP contribution >= 0.6 is 68.1 Å². The second-order valence-electron chi connectivity index (χ2n) is 8.36. The number of thiazole rings is 1. The van der Waals surface area contributed by atoms with Gasteiger partial charge < -0.3 is 9.64 Å². The first kappa shape index (κ1) is 28.3. The number of likely N-dealkylation sites (N-methyl/N-ethyl adjacent to an activating group) is 1. The number of fused-ring (bicyclic) bond motifs is 1. The van der Waals surface area contributed by atoms with E-state index in [-0.39, 0.29) is 11.5 Å². The van der Waals surface area contributed by atoms with Crippen LogP contribution in [0.4, 0.5) is 0 Å². The molecule has 0 aliphatic carbocycles. The van der Waals surface area contributed by atoms with Crippen molar-refractivity contribution in [2.45, 2.75) is 33.7 Å². The Bertz CT molecular complexity index is 1530. The van der Waals surface area contributed by atoms with E-state index in [0.29, 0.717) is 45.3 Å². The SMILES string of the molecule is CCOc1c(I)cc(/C=c2/sc3n(c2=O)[C@H](c2ccc(Cl)cc2)C(C(=O)N(CC)CC)=C(C)N=3)cc1I. The number of halogens is 3. The molecule has 0 N–H and O–H groups in total.